The molecule has 0 aliphatic heterocycles. The number of nitrogens with one attached hydrogen (secondary N) is 2. The molecule has 0 spiro atoms. The van der Waals surface area contributed by atoms with Gasteiger partial charge in [-0.2, -0.15) is 0 Å². The van der Waals surface area contributed by atoms with E-state index >= 15 is 0 Å². The topological polar surface area (TPSA) is 41.1 Å². The Bertz CT molecular complexity index is 1110. The molecular formula is C25H18Cl2N2O. The van der Waals surface area contributed by atoms with Gasteiger partial charge in [0.2, 0.25) is 0 Å². The smallest absolute Gasteiger partial charge is 0.197 e. The average molecular weight is 433 g/mol. The van der Waals surface area contributed by atoms with Gasteiger partial charge in [0.15, 0.2) is 5.78 Å². The molecule has 3 nitrogen and oxygen atoms in total. The lowest BCUT2D eigenvalue weighted by molar-refractivity contribution is 0.104. The molecule has 0 saturated heterocycles. The van der Waals surface area contributed by atoms with Crippen LogP contribution in [0.4, 0.5) is 22.7 Å². The molecule has 0 radical (unpaired) electrons. The molecule has 4 aromatic rings. The van der Waals surface area contributed by atoms with Crippen molar-refractivity contribution in [2.24, 2.45) is 0 Å². The van der Waals surface area contributed by atoms with Gasteiger partial charge in [-0.3, -0.25) is 4.79 Å². The highest BCUT2D eigenvalue weighted by atomic mass is 35.5. The maximum atomic E-state index is 13.5. The van der Waals surface area contributed by atoms with Crippen LogP contribution in [0.1, 0.15) is 15.9 Å². The van der Waals surface area contributed by atoms with E-state index in [1.165, 1.54) is 0 Å². The summed E-state index contributed by atoms with van der Waals surface area (Å²) in [6, 6.07) is 29.6. The van der Waals surface area contributed by atoms with Crippen LogP contribution in [0.3, 0.4) is 0 Å². The minimum Gasteiger partial charge on any atom is -0.355 e. The van der Waals surface area contributed by atoms with Gasteiger partial charge in [-0.15, -0.1) is 0 Å². The molecular weight excluding hydrogens is 415 g/mol. The molecule has 0 aromatic heterocycles. The Morgan fingerprint density at radius 3 is 1.43 bits per heavy atom. The summed E-state index contributed by atoms with van der Waals surface area (Å²) >= 11 is 12.2. The van der Waals surface area contributed by atoms with E-state index in [0.717, 1.165) is 11.4 Å². The van der Waals surface area contributed by atoms with Crippen molar-refractivity contribution in [3.8, 4) is 0 Å². The van der Waals surface area contributed by atoms with E-state index in [4.69, 9.17) is 23.2 Å². The van der Waals surface area contributed by atoms with Crippen LogP contribution in [0.25, 0.3) is 0 Å². The van der Waals surface area contributed by atoms with Gasteiger partial charge in [-0.05, 0) is 60.7 Å². The summed E-state index contributed by atoms with van der Waals surface area (Å²) in [5.74, 6) is -0.0924. The van der Waals surface area contributed by atoms with Crippen LogP contribution >= 0.6 is 23.2 Å². The molecule has 4 aromatic carbocycles. The molecule has 0 unspecified atom stereocenters. The molecule has 0 saturated carbocycles. The van der Waals surface area contributed by atoms with Gasteiger partial charge >= 0.3 is 0 Å². The lowest BCUT2D eigenvalue weighted by Crippen LogP contribution is -2.08. The predicted molar refractivity (Wildman–Crippen MR) is 126 cm³/mol. The quantitative estimate of drug-likeness (QED) is 0.306. The first-order valence-corrected chi connectivity index (χ1v) is 10.1. The predicted octanol–water partition coefficient (Wildman–Crippen LogP) is 7.71. The number of rotatable bonds is 6. The fourth-order valence-corrected chi connectivity index (χ4v) is 3.55. The summed E-state index contributed by atoms with van der Waals surface area (Å²) < 4.78 is 0. The molecule has 0 aliphatic rings. The Balaban J connectivity index is 1.67. The van der Waals surface area contributed by atoms with E-state index in [0.29, 0.717) is 32.5 Å². The molecule has 0 fully saturated rings. The standard InChI is InChI=1S/C25H18Cl2N2O/c26-17-7-5-9-19(15-17)28-23-13-3-1-11-21(23)25(30)22-12-2-4-14-24(22)29-20-10-6-8-18(27)16-20/h1-16,28-29H. The van der Waals surface area contributed by atoms with Gasteiger partial charge in [-0.25, -0.2) is 0 Å². The number of carbonyl (C=O) groups is 1. The zero-order chi connectivity index (χ0) is 20.9. The highest BCUT2D eigenvalue weighted by molar-refractivity contribution is 6.31. The van der Waals surface area contributed by atoms with Gasteiger partial charge in [0.1, 0.15) is 0 Å². The lowest BCUT2D eigenvalue weighted by Gasteiger charge is -2.15. The third-order valence-corrected chi connectivity index (χ3v) is 5.02. The van der Waals surface area contributed by atoms with E-state index < -0.39 is 0 Å². The zero-order valence-electron chi connectivity index (χ0n) is 15.9. The summed E-state index contributed by atoms with van der Waals surface area (Å²) in [5.41, 5.74) is 4.18. The summed E-state index contributed by atoms with van der Waals surface area (Å²) in [6.45, 7) is 0. The van der Waals surface area contributed by atoms with E-state index in [1.54, 1.807) is 0 Å². The first-order chi connectivity index (χ1) is 14.6. The SMILES string of the molecule is O=C(c1ccccc1Nc1cccc(Cl)c1)c1ccccc1Nc1cccc(Cl)c1. The highest BCUT2D eigenvalue weighted by Crippen LogP contribution is 2.29. The van der Waals surface area contributed by atoms with E-state index in [2.05, 4.69) is 10.6 Å². The van der Waals surface area contributed by atoms with E-state index in [1.807, 2.05) is 97.1 Å². The highest BCUT2D eigenvalue weighted by Gasteiger charge is 2.17. The van der Waals surface area contributed by atoms with Crippen molar-refractivity contribution in [1.82, 2.24) is 0 Å². The van der Waals surface area contributed by atoms with Crippen molar-refractivity contribution in [2.45, 2.75) is 0 Å². The van der Waals surface area contributed by atoms with Gasteiger partial charge in [0, 0.05) is 43.9 Å². The fraction of sp³-hybridized carbons (Fsp3) is 0. The van der Waals surface area contributed by atoms with E-state index in [-0.39, 0.29) is 5.78 Å². The zero-order valence-corrected chi connectivity index (χ0v) is 17.4. The molecule has 148 valence electrons. The third-order valence-electron chi connectivity index (χ3n) is 4.55. The summed E-state index contributed by atoms with van der Waals surface area (Å²) in [5, 5.41) is 7.84. The maximum Gasteiger partial charge on any atom is 0.197 e. The first-order valence-electron chi connectivity index (χ1n) is 9.38. The minimum atomic E-state index is -0.0924. The molecule has 0 atom stereocenters. The second kappa shape index (κ2) is 9.04. The summed E-state index contributed by atoms with van der Waals surface area (Å²) in [6.07, 6.45) is 0. The molecule has 0 aliphatic carbocycles. The average Bonchev–Trinajstić information content (AvgIpc) is 2.74. The van der Waals surface area contributed by atoms with Crippen LogP contribution in [0.2, 0.25) is 10.0 Å². The third kappa shape index (κ3) is 4.65. The van der Waals surface area contributed by atoms with Crippen LogP contribution in [0, 0.1) is 0 Å². The van der Waals surface area contributed by atoms with Crippen LogP contribution in [-0.2, 0) is 0 Å². The van der Waals surface area contributed by atoms with E-state index in [9.17, 15) is 4.79 Å². The Labute approximate surface area is 185 Å². The first kappa shape index (κ1) is 20.0. The summed E-state index contributed by atoms with van der Waals surface area (Å²) in [4.78, 5) is 13.5. The molecule has 4 rings (SSSR count). The van der Waals surface area contributed by atoms with Gasteiger partial charge in [0.25, 0.3) is 0 Å². The van der Waals surface area contributed by atoms with Crippen LogP contribution < -0.4 is 10.6 Å². The normalized spacial score (nSPS) is 10.5. The Morgan fingerprint density at radius 2 is 1.00 bits per heavy atom. The number of hydrogen-bond donors (Lipinski definition) is 2. The Kier molecular flexibility index (Phi) is 6.03. The van der Waals surface area contributed by atoms with Crippen molar-refractivity contribution < 1.29 is 4.79 Å². The van der Waals surface area contributed by atoms with Crippen molar-refractivity contribution in [1.29, 1.82) is 0 Å². The molecule has 30 heavy (non-hydrogen) atoms. The number of hydrogen-bond acceptors (Lipinski definition) is 3. The molecule has 0 amide bonds. The van der Waals surface area contributed by atoms with Crippen molar-refractivity contribution in [3.63, 3.8) is 0 Å². The Hall–Kier alpha value is -3.27. The van der Waals surface area contributed by atoms with Gasteiger partial charge < -0.3 is 10.6 Å². The molecule has 0 bridgehead atoms. The van der Waals surface area contributed by atoms with Crippen LogP contribution in [-0.4, -0.2) is 5.78 Å². The van der Waals surface area contributed by atoms with Crippen LogP contribution in [0.5, 0.6) is 0 Å². The number of halogens is 2. The Morgan fingerprint density at radius 1 is 0.567 bits per heavy atom. The maximum absolute atomic E-state index is 13.5. The van der Waals surface area contributed by atoms with Crippen molar-refractivity contribution in [3.05, 3.63) is 118 Å². The minimum absolute atomic E-state index is 0.0924. The number of benzene rings is 4. The monoisotopic (exact) mass is 432 g/mol. The van der Waals surface area contributed by atoms with Crippen molar-refractivity contribution >= 4 is 51.7 Å². The summed E-state index contributed by atoms with van der Waals surface area (Å²) in [7, 11) is 0. The van der Waals surface area contributed by atoms with Gasteiger partial charge in [0.05, 0.1) is 0 Å². The number of anilines is 4. The number of para-hydroxylation sites is 2. The van der Waals surface area contributed by atoms with Gasteiger partial charge in [-0.1, -0.05) is 59.6 Å². The van der Waals surface area contributed by atoms with Crippen molar-refractivity contribution in [2.75, 3.05) is 10.6 Å². The number of ketones is 1. The number of carbonyl (C=O) groups excluding carboxylic acids is 1. The molecule has 2 N–H and O–H groups in total. The molecule has 5 heteroatoms. The largest absolute Gasteiger partial charge is 0.355 e. The second-order valence-corrected chi connectivity index (χ2v) is 7.56. The second-order valence-electron chi connectivity index (χ2n) is 6.69. The lowest BCUT2D eigenvalue weighted by atomic mass is 9.99. The fourth-order valence-electron chi connectivity index (χ4n) is 3.17. The van der Waals surface area contributed by atoms with Crippen LogP contribution in [0.15, 0.2) is 97.1 Å². The molecule has 0 heterocycles.